The molecule has 3 heteroatoms. The van der Waals surface area contributed by atoms with Crippen LogP contribution in [0.5, 0.6) is 0 Å². The SMILES string of the molecule is C=O.CC.Cc1ccccc1C(=O)NC1CCCCC1. The van der Waals surface area contributed by atoms with Crippen LogP contribution in [-0.2, 0) is 4.79 Å². The van der Waals surface area contributed by atoms with E-state index < -0.39 is 0 Å². The fraction of sp³-hybridized carbons (Fsp3) is 0.529. The molecule has 0 aliphatic heterocycles. The zero-order valence-corrected chi connectivity index (χ0v) is 12.9. The zero-order chi connectivity index (χ0) is 15.4. The van der Waals surface area contributed by atoms with E-state index in [1.54, 1.807) is 0 Å². The molecule has 0 radical (unpaired) electrons. The Morgan fingerprint density at radius 1 is 1.10 bits per heavy atom. The first kappa shape index (κ1) is 18.4. The summed E-state index contributed by atoms with van der Waals surface area (Å²) >= 11 is 0. The molecular weight excluding hydrogens is 250 g/mol. The molecule has 0 spiro atoms. The van der Waals surface area contributed by atoms with Gasteiger partial charge in [0.2, 0.25) is 0 Å². The summed E-state index contributed by atoms with van der Waals surface area (Å²) in [6.45, 7) is 7.98. The molecular formula is C17H27NO2. The lowest BCUT2D eigenvalue weighted by molar-refractivity contribution is -0.0980. The van der Waals surface area contributed by atoms with E-state index in [2.05, 4.69) is 5.32 Å². The fourth-order valence-electron chi connectivity index (χ4n) is 2.34. The number of aryl methyl sites for hydroxylation is 1. The summed E-state index contributed by atoms with van der Waals surface area (Å²) in [5.74, 6) is 0.0880. The van der Waals surface area contributed by atoms with Gasteiger partial charge in [-0.05, 0) is 31.4 Å². The first-order valence-corrected chi connectivity index (χ1v) is 7.43. The molecule has 1 amide bonds. The van der Waals surface area contributed by atoms with Gasteiger partial charge in [-0.15, -0.1) is 0 Å². The Kier molecular flexibility index (Phi) is 10.3. The molecule has 0 bridgehead atoms. The Balaban J connectivity index is 0.000000829. The highest BCUT2D eigenvalue weighted by Crippen LogP contribution is 2.18. The quantitative estimate of drug-likeness (QED) is 0.891. The minimum Gasteiger partial charge on any atom is -0.349 e. The minimum absolute atomic E-state index is 0.0880. The Labute approximate surface area is 122 Å². The molecule has 0 aromatic heterocycles. The van der Waals surface area contributed by atoms with Crippen molar-refractivity contribution in [2.24, 2.45) is 0 Å². The topological polar surface area (TPSA) is 46.2 Å². The third-order valence-electron chi connectivity index (χ3n) is 3.33. The van der Waals surface area contributed by atoms with Crippen molar-refractivity contribution < 1.29 is 9.59 Å². The summed E-state index contributed by atoms with van der Waals surface area (Å²) in [6.07, 6.45) is 6.09. The van der Waals surface area contributed by atoms with E-state index in [4.69, 9.17) is 4.79 Å². The summed E-state index contributed by atoms with van der Waals surface area (Å²) in [4.78, 5) is 20.0. The Morgan fingerprint density at radius 3 is 2.20 bits per heavy atom. The molecule has 0 unspecified atom stereocenters. The molecule has 20 heavy (non-hydrogen) atoms. The largest absolute Gasteiger partial charge is 0.349 e. The van der Waals surface area contributed by atoms with Gasteiger partial charge in [0.25, 0.3) is 5.91 Å². The van der Waals surface area contributed by atoms with E-state index in [1.807, 2.05) is 51.8 Å². The van der Waals surface area contributed by atoms with Crippen LogP contribution in [0, 0.1) is 6.92 Å². The maximum atomic E-state index is 12.0. The van der Waals surface area contributed by atoms with Crippen molar-refractivity contribution in [3.05, 3.63) is 35.4 Å². The summed E-state index contributed by atoms with van der Waals surface area (Å²) in [5.41, 5.74) is 1.86. The van der Waals surface area contributed by atoms with Crippen LogP contribution >= 0.6 is 0 Å². The van der Waals surface area contributed by atoms with Crippen molar-refractivity contribution in [3.63, 3.8) is 0 Å². The van der Waals surface area contributed by atoms with Gasteiger partial charge in [-0.1, -0.05) is 51.3 Å². The van der Waals surface area contributed by atoms with Gasteiger partial charge in [-0.25, -0.2) is 0 Å². The van der Waals surface area contributed by atoms with Gasteiger partial charge >= 0.3 is 0 Å². The van der Waals surface area contributed by atoms with Gasteiger partial charge in [-0.2, -0.15) is 0 Å². The van der Waals surface area contributed by atoms with Crippen molar-refractivity contribution in [1.82, 2.24) is 5.32 Å². The molecule has 1 fully saturated rings. The van der Waals surface area contributed by atoms with E-state index in [-0.39, 0.29) is 5.91 Å². The first-order chi connectivity index (χ1) is 9.77. The highest BCUT2D eigenvalue weighted by molar-refractivity contribution is 5.95. The number of carbonyl (C=O) groups excluding carboxylic acids is 2. The number of benzene rings is 1. The lowest BCUT2D eigenvalue weighted by Crippen LogP contribution is -2.36. The number of hydrogen-bond donors (Lipinski definition) is 1. The summed E-state index contributed by atoms with van der Waals surface area (Å²) in [7, 11) is 0. The van der Waals surface area contributed by atoms with E-state index in [9.17, 15) is 4.79 Å². The number of nitrogens with one attached hydrogen (secondary N) is 1. The van der Waals surface area contributed by atoms with Gasteiger partial charge in [0.1, 0.15) is 6.79 Å². The fourth-order valence-corrected chi connectivity index (χ4v) is 2.34. The molecule has 1 aliphatic carbocycles. The van der Waals surface area contributed by atoms with Crippen LogP contribution < -0.4 is 5.32 Å². The van der Waals surface area contributed by atoms with Gasteiger partial charge in [0, 0.05) is 11.6 Å². The Morgan fingerprint density at radius 2 is 1.65 bits per heavy atom. The van der Waals surface area contributed by atoms with Gasteiger partial charge in [0.15, 0.2) is 0 Å². The molecule has 1 N–H and O–H groups in total. The smallest absolute Gasteiger partial charge is 0.251 e. The van der Waals surface area contributed by atoms with E-state index >= 15 is 0 Å². The van der Waals surface area contributed by atoms with Crippen molar-refractivity contribution in [3.8, 4) is 0 Å². The average molecular weight is 277 g/mol. The van der Waals surface area contributed by atoms with Gasteiger partial charge in [0.05, 0.1) is 0 Å². The molecule has 1 aromatic carbocycles. The Bertz CT molecular complexity index is 384. The Hall–Kier alpha value is -1.64. The van der Waals surface area contributed by atoms with E-state index in [0.29, 0.717) is 6.04 Å². The second-order valence-corrected chi connectivity index (χ2v) is 4.62. The lowest BCUT2D eigenvalue weighted by Gasteiger charge is -2.23. The van der Waals surface area contributed by atoms with Crippen LogP contribution in [0.2, 0.25) is 0 Å². The molecule has 2 rings (SSSR count). The molecule has 112 valence electrons. The second-order valence-electron chi connectivity index (χ2n) is 4.62. The van der Waals surface area contributed by atoms with Crippen LogP contribution in [0.1, 0.15) is 61.9 Å². The predicted molar refractivity (Wildman–Crippen MR) is 84.0 cm³/mol. The number of amides is 1. The van der Waals surface area contributed by atoms with Crippen LogP contribution in [0.25, 0.3) is 0 Å². The number of carbonyl (C=O) groups is 2. The number of hydrogen-bond acceptors (Lipinski definition) is 2. The van der Waals surface area contributed by atoms with Crippen molar-refractivity contribution >= 4 is 12.7 Å². The molecule has 1 aliphatic rings. The molecule has 1 aromatic rings. The second kappa shape index (κ2) is 11.2. The number of rotatable bonds is 2. The van der Waals surface area contributed by atoms with E-state index in [1.165, 1.54) is 19.3 Å². The average Bonchev–Trinajstić information content (AvgIpc) is 2.52. The first-order valence-electron chi connectivity index (χ1n) is 7.43. The van der Waals surface area contributed by atoms with Crippen LogP contribution in [0.3, 0.4) is 0 Å². The normalized spacial score (nSPS) is 14.2. The predicted octanol–water partition coefficient (Wildman–Crippen LogP) is 3.90. The third-order valence-corrected chi connectivity index (χ3v) is 3.33. The summed E-state index contributed by atoms with van der Waals surface area (Å²) in [6, 6.07) is 8.15. The zero-order valence-electron chi connectivity index (χ0n) is 12.9. The lowest BCUT2D eigenvalue weighted by atomic mass is 9.95. The van der Waals surface area contributed by atoms with Crippen molar-refractivity contribution in [1.29, 1.82) is 0 Å². The van der Waals surface area contributed by atoms with Crippen LogP contribution in [0.15, 0.2) is 24.3 Å². The molecule has 0 saturated heterocycles. The highest BCUT2D eigenvalue weighted by Gasteiger charge is 2.17. The summed E-state index contributed by atoms with van der Waals surface area (Å²) in [5, 5.41) is 3.14. The van der Waals surface area contributed by atoms with Crippen LogP contribution in [-0.4, -0.2) is 18.7 Å². The van der Waals surface area contributed by atoms with Crippen molar-refractivity contribution in [2.45, 2.75) is 58.9 Å². The maximum absolute atomic E-state index is 12.0. The van der Waals surface area contributed by atoms with E-state index in [0.717, 1.165) is 24.0 Å². The molecule has 3 nitrogen and oxygen atoms in total. The molecule has 1 saturated carbocycles. The third kappa shape index (κ3) is 6.00. The standard InChI is InChI=1S/C14H19NO.C2H6.CH2O/c1-11-7-5-6-10-13(11)14(16)15-12-8-3-2-4-9-12;2*1-2/h5-7,10,12H,2-4,8-9H2,1H3,(H,15,16);1-2H3;1H2. The van der Waals surface area contributed by atoms with Gasteiger partial charge < -0.3 is 10.1 Å². The maximum Gasteiger partial charge on any atom is 0.251 e. The van der Waals surface area contributed by atoms with Crippen LogP contribution in [0.4, 0.5) is 0 Å². The highest BCUT2D eigenvalue weighted by atomic mass is 16.1. The summed E-state index contributed by atoms with van der Waals surface area (Å²) < 4.78 is 0. The molecule has 0 atom stereocenters. The van der Waals surface area contributed by atoms with Crippen molar-refractivity contribution in [2.75, 3.05) is 0 Å². The molecule has 0 heterocycles. The minimum atomic E-state index is 0.0880. The van der Waals surface area contributed by atoms with Gasteiger partial charge in [-0.3, -0.25) is 4.79 Å². The monoisotopic (exact) mass is 277 g/mol.